The van der Waals surface area contributed by atoms with Crippen molar-refractivity contribution < 1.29 is 17.2 Å². The highest BCUT2D eigenvalue weighted by molar-refractivity contribution is 7.99. The summed E-state index contributed by atoms with van der Waals surface area (Å²) in [5.74, 6) is -2.43. The second-order valence-electron chi connectivity index (χ2n) is 5.21. The lowest BCUT2D eigenvalue weighted by Gasteiger charge is -2.39. The first-order valence-electron chi connectivity index (χ1n) is 6.59. The summed E-state index contributed by atoms with van der Waals surface area (Å²) in [6.07, 6.45) is 2.04. The second kappa shape index (κ2) is 6.60. The van der Waals surface area contributed by atoms with Crippen molar-refractivity contribution in [2.45, 2.75) is 41.2 Å². The summed E-state index contributed by atoms with van der Waals surface area (Å²) in [4.78, 5) is 0.508. The third-order valence-electron chi connectivity index (χ3n) is 3.79. The number of sulfonamides is 1. The lowest BCUT2D eigenvalue weighted by molar-refractivity contribution is 0.252. The Bertz CT molecular complexity index is 572. The van der Waals surface area contributed by atoms with Gasteiger partial charge in [-0.1, -0.05) is 30.3 Å². The van der Waals surface area contributed by atoms with E-state index in [0.717, 1.165) is 12.0 Å². The molecular formula is C13H18F2N2O2S2. The van der Waals surface area contributed by atoms with Crippen molar-refractivity contribution in [3.63, 3.8) is 0 Å². The van der Waals surface area contributed by atoms with E-state index in [4.69, 9.17) is 5.14 Å². The number of alkyl halides is 2. The molecule has 118 valence electrons. The van der Waals surface area contributed by atoms with Gasteiger partial charge in [0.15, 0.2) is 0 Å². The first kappa shape index (κ1) is 16.7. The van der Waals surface area contributed by atoms with Crippen LogP contribution in [0.15, 0.2) is 29.2 Å². The molecule has 21 heavy (non-hydrogen) atoms. The van der Waals surface area contributed by atoms with Crippen LogP contribution in [0.25, 0.3) is 0 Å². The third kappa shape index (κ3) is 4.15. The molecule has 0 radical (unpaired) electrons. The molecule has 8 heteroatoms. The molecule has 4 nitrogen and oxygen atoms in total. The number of nitrogens with one attached hydrogen (secondary N) is 1. The van der Waals surface area contributed by atoms with Crippen molar-refractivity contribution in [3.05, 3.63) is 29.8 Å². The van der Waals surface area contributed by atoms with Crippen molar-refractivity contribution in [2.75, 3.05) is 6.54 Å². The SMILES string of the molecule is NS(=O)(=O)C1(CNCc2ccc(SC(F)F)cc2)CCC1. The molecule has 1 aromatic carbocycles. The minimum Gasteiger partial charge on any atom is -0.311 e. The number of hydrogen-bond donors (Lipinski definition) is 2. The van der Waals surface area contributed by atoms with Crippen LogP contribution in [0.5, 0.6) is 0 Å². The number of hydrogen-bond acceptors (Lipinski definition) is 4. The van der Waals surface area contributed by atoms with E-state index >= 15 is 0 Å². The minimum atomic E-state index is -3.55. The maximum Gasteiger partial charge on any atom is 0.288 e. The summed E-state index contributed by atoms with van der Waals surface area (Å²) in [6.45, 7) is 0.802. The van der Waals surface area contributed by atoms with Gasteiger partial charge in [-0.3, -0.25) is 0 Å². The summed E-state index contributed by atoms with van der Waals surface area (Å²) in [5, 5.41) is 8.38. The van der Waals surface area contributed by atoms with Gasteiger partial charge in [-0.25, -0.2) is 13.6 Å². The fourth-order valence-electron chi connectivity index (χ4n) is 2.36. The number of nitrogens with two attached hydrogens (primary N) is 1. The normalized spacial score (nSPS) is 17.7. The highest BCUT2D eigenvalue weighted by atomic mass is 32.2. The Kier molecular flexibility index (Phi) is 5.24. The van der Waals surface area contributed by atoms with E-state index < -0.39 is 20.5 Å². The van der Waals surface area contributed by atoms with Crippen LogP contribution in [0.4, 0.5) is 8.78 Å². The molecule has 1 aliphatic carbocycles. The molecule has 0 atom stereocenters. The molecule has 0 unspecified atom stereocenters. The zero-order valence-corrected chi connectivity index (χ0v) is 13.0. The van der Waals surface area contributed by atoms with Crippen molar-refractivity contribution in [1.29, 1.82) is 0 Å². The summed E-state index contributed by atoms with van der Waals surface area (Å²) < 4.78 is 46.7. The van der Waals surface area contributed by atoms with Crippen LogP contribution in [0, 0.1) is 0 Å². The zero-order valence-electron chi connectivity index (χ0n) is 11.4. The number of halogens is 2. The molecule has 1 aliphatic rings. The van der Waals surface area contributed by atoms with Gasteiger partial charge >= 0.3 is 0 Å². The highest BCUT2D eigenvalue weighted by Crippen LogP contribution is 2.37. The van der Waals surface area contributed by atoms with Crippen LogP contribution in [-0.2, 0) is 16.6 Å². The molecule has 2 rings (SSSR count). The summed E-state index contributed by atoms with van der Waals surface area (Å²) in [5.41, 5.74) is 0.914. The van der Waals surface area contributed by atoms with Crippen molar-refractivity contribution in [3.8, 4) is 0 Å². The Labute approximate surface area is 127 Å². The van der Waals surface area contributed by atoms with Crippen LogP contribution in [0.1, 0.15) is 24.8 Å². The molecule has 1 saturated carbocycles. The Hall–Kier alpha value is -0.700. The summed E-state index contributed by atoms with van der Waals surface area (Å²) in [6, 6.07) is 6.77. The average molecular weight is 336 g/mol. The maximum absolute atomic E-state index is 12.2. The van der Waals surface area contributed by atoms with Gasteiger partial charge in [0.2, 0.25) is 10.0 Å². The second-order valence-corrected chi connectivity index (χ2v) is 8.23. The molecule has 0 spiro atoms. The van der Waals surface area contributed by atoms with Crippen LogP contribution < -0.4 is 10.5 Å². The third-order valence-corrected chi connectivity index (χ3v) is 6.28. The lowest BCUT2D eigenvalue weighted by Crippen LogP contribution is -2.55. The van der Waals surface area contributed by atoms with Gasteiger partial charge in [-0.05, 0) is 30.5 Å². The highest BCUT2D eigenvalue weighted by Gasteiger charge is 2.46. The van der Waals surface area contributed by atoms with Crippen molar-refractivity contribution >= 4 is 21.8 Å². The van der Waals surface area contributed by atoms with Gasteiger partial charge in [-0.15, -0.1) is 0 Å². The van der Waals surface area contributed by atoms with Crippen molar-refractivity contribution in [1.82, 2.24) is 5.32 Å². The van der Waals surface area contributed by atoms with Gasteiger partial charge in [0.25, 0.3) is 5.76 Å². The zero-order chi connectivity index (χ0) is 15.5. The van der Waals surface area contributed by atoms with Crippen LogP contribution >= 0.6 is 11.8 Å². The molecule has 0 saturated heterocycles. The first-order valence-corrected chi connectivity index (χ1v) is 9.02. The molecule has 3 N–H and O–H groups in total. The molecule has 1 fully saturated rings. The van der Waals surface area contributed by atoms with Gasteiger partial charge < -0.3 is 5.32 Å². The van der Waals surface area contributed by atoms with E-state index in [1.807, 2.05) is 0 Å². The minimum absolute atomic E-state index is 0.319. The van der Waals surface area contributed by atoms with Crippen molar-refractivity contribution in [2.24, 2.45) is 5.14 Å². The Morgan fingerprint density at radius 1 is 1.29 bits per heavy atom. The topological polar surface area (TPSA) is 72.2 Å². The summed E-state index contributed by atoms with van der Waals surface area (Å²) >= 11 is 0.502. The predicted molar refractivity (Wildman–Crippen MR) is 79.7 cm³/mol. The molecule has 0 amide bonds. The predicted octanol–water partition coefficient (Wildman–Crippen LogP) is 2.30. The number of rotatable bonds is 7. The van der Waals surface area contributed by atoms with Gasteiger partial charge in [0.05, 0.1) is 4.75 Å². The fourth-order valence-corrected chi connectivity index (χ4v) is 4.02. The number of primary sulfonamides is 1. The van der Waals surface area contributed by atoms with E-state index in [9.17, 15) is 17.2 Å². The standard InChI is InChI=1S/C13H18F2N2O2S2/c14-12(15)20-11-4-2-10(3-5-11)8-17-9-13(6-1-7-13)21(16,18)19/h2-5,12,17H,1,6-9H2,(H2,16,18,19). The smallest absolute Gasteiger partial charge is 0.288 e. The Morgan fingerprint density at radius 2 is 1.90 bits per heavy atom. The number of thioether (sulfide) groups is 1. The number of benzene rings is 1. The monoisotopic (exact) mass is 336 g/mol. The Morgan fingerprint density at radius 3 is 2.33 bits per heavy atom. The molecule has 0 aliphatic heterocycles. The van der Waals surface area contributed by atoms with E-state index in [1.54, 1.807) is 24.3 Å². The molecule has 0 bridgehead atoms. The summed E-state index contributed by atoms with van der Waals surface area (Å²) in [7, 11) is -3.55. The molecule has 0 aromatic heterocycles. The molecular weight excluding hydrogens is 318 g/mol. The van der Waals surface area contributed by atoms with E-state index in [0.29, 0.717) is 42.6 Å². The van der Waals surface area contributed by atoms with Gasteiger partial charge in [0, 0.05) is 18.0 Å². The molecule has 0 heterocycles. The maximum atomic E-state index is 12.2. The lowest BCUT2D eigenvalue weighted by atomic mass is 9.84. The quantitative estimate of drug-likeness (QED) is 0.750. The average Bonchev–Trinajstić information content (AvgIpc) is 2.32. The Balaban J connectivity index is 1.86. The van der Waals surface area contributed by atoms with Crippen LogP contribution in [0.3, 0.4) is 0 Å². The van der Waals surface area contributed by atoms with E-state index in [1.165, 1.54) is 0 Å². The van der Waals surface area contributed by atoms with Gasteiger partial charge in [-0.2, -0.15) is 8.78 Å². The fraction of sp³-hybridized carbons (Fsp3) is 0.538. The van der Waals surface area contributed by atoms with E-state index in [2.05, 4.69) is 5.32 Å². The van der Waals surface area contributed by atoms with Gasteiger partial charge in [0.1, 0.15) is 0 Å². The van der Waals surface area contributed by atoms with Crippen LogP contribution in [-0.4, -0.2) is 25.5 Å². The largest absolute Gasteiger partial charge is 0.311 e. The van der Waals surface area contributed by atoms with Crippen LogP contribution in [0.2, 0.25) is 0 Å². The first-order chi connectivity index (χ1) is 9.82. The molecule has 1 aromatic rings. The van der Waals surface area contributed by atoms with E-state index in [-0.39, 0.29) is 0 Å².